The molecular formula is C13H18N2O3. The van der Waals surface area contributed by atoms with Crippen molar-refractivity contribution in [2.24, 2.45) is 0 Å². The number of carboxylic acid groups (broad SMARTS) is 1. The Hall–Kier alpha value is -1.91. The minimum atomic E-state index is -1.21. The third kappa shape index (κ3) is 3.84. The lowest BCUT2D eigenvalue weighted by molar-refractivity contribution is -0.147. The third-order valence-corrected chi connectivity index (χ3v) is 2.71. The number of aromatic nitrogens is 1. The molecule has 0 aromatic carbocycles. The SMILES string of the molecule is CCCC(C)(NC(=O)Cc1ccccn1)C(=O)O. The van der Waals surface area contributed by atoms with Gasteiger partial charge in [-0.2, -0.15) is 0 Å². The Balaban J connectivity index is 2.65. The van der Waals surface area contributed by atoms with Crippen molar-refractivity contribution in [3.63, 3.8) is 0 Å². The second kappa shape index (κ2) is 6.14. The lowest BCUT2D eigenvalue weighted by Crippen LogP contribution is -2.52. The molecule has 0 aliphatic rings. The zero-order valence-electron chi connectivity index (χ0n) is 10.6. The van der Waals surface area contributed by atoms with E-state index >= 15 is 0 Å². The summed E-state index contributed by atoms with van der Waals surface area (Å²) in [5.74, 6) is -1.34. The monoisotopic (exact) mass is 250 g/mol. The van der Waals surface area contributed by atoms with Crippen LogP contribution in [-0.4, -0.2) is 27.5 Å². The Kier molecular flexibility index (Phi) is 4.83. The van der Waals surface area contributed by atoms with Crippen LogP contribution in [0.3, 0.4) is 0 Å². The van der Waals surface area contributed by atoms with E-state index in [4.69, 9.17) is 5.11 Å². The van der Waals surface area contributed by atoms with Gasteiger partial charge in [-0.3, -0.25) is 9.78 Å². The molecule has 1 aromatic rings. The van der Waals surface area contributed by atoms with Crippen molar-refractivity contribution in [1.82, 2.24) is 10.3 Å². The van der Waals surface area contributed by atoms with Gasteiger partial charge in [0.05, 0.1) is 6.42 Å². The van der Waals surface area contributed by atoms with Crippen LogP contribution in [0.25, 0.3) is 0 Å². The fraction of sp³-hybridized carbons (Fsp3) is 0.462. The molecule has 2 N–H and O–H groups in total. The molecule has 98 valence electrons. The number of rotatable bonds is 6. The molecule has 5 heteroatoms. The number of nitrogens with zero attached hydrogens (tertiary/aromatic N) is 1. The number of nitrogens with one attached hydrogen (secondary N) is 1. The third-order valence-electron chi connectivity index (χ3n) is 2.71. The van der Waals surface area contributed by atoms with Crippen LogP contribution in [0.5, 0.6) is 0 Å². The molecule has 0 saturated carbocycles. The second-order valence-electron chi connectivity index (χ2n) is 4.43. The van der Waals surface area contributed by atoms with Gasteiger partial charge in [0.1, 0.15) is 5.54 Å². The van der Waals surface area contributed by atoms with Crippen LogP contribution in [0.2, 0.25) is 0 Å². The maximum absolute atomic E-state index is 11.8. The molecule has 0 bridgehead atoms. The number of pyridine rings is 1. The molecule has 18 heavy (non-hydrogen) atoms. The molecule has 0 spiro atoms. The minimum absolute atomic E-state index is 0.0907. The summed E-state index contributed by atoms with van der Waals surface area (Å²) < 4.78 is 0. The molecule has 1 aromatic heterocycles. The van der Waals surface area contributed by atoms with Crippen LogP contribution < -0.4 is 5.32 Å². The van der Waals surface area contributed by atoms with E-state index in [1.807, 2.05) is 6.92 Å². The Bertz CT molecular complexity index is 420. The van der Waals surface area contributed by atoms with Gasteiger partial charge in [0.15, 0.2) is 0 Å². The highest BCUT2D eigenvalue weighted by Crippen LogP contribution is 2.12. The highest BCUT2D eigenvalue weighted by Gasteiger charge is 2.33. The molecule has 1 atom stereocenters. The number of hydrogen-bond acceptors (Lipinski definition) is 3. The molecule has 0 radical (unpaired) electrons. The molecule has 1 heterocycles. The highest BCUT2D eigenvalue weighted by molar-refractivity contribution is 5.87. The summed E-state index contributed by atoms with van der Waals surface area (Å²) in [6, 6.07) is 5.29. The van der Waals surface area contributed by atoms with Gasteiger partial charge in [0.2, 0.25) is 5.91 Å². The number of amides is 1. The summed E-state index contributed by atoms with van der Waals surface area (Å²) in [6.07, 6.45) is 2.78. The van der Waals surface area contributed by atoms with Crippen molar-refractivity contribution in [2.75, 3.05) is 0 Å². The first-order valence-corrected chi connectivity index (χ1v) is 5.92. The van der Waals surface area contributed by atoms with Crippen molar-refractivity contribution in [2.45, 2.75) is 38.6 Å². The van der Waals surface area contributed by atoms with E-state index in [-0.39, 0.29) is 12.3 Å². The smallest absolute Gasteiger partial charge is 0.329 e. The van der Waals surface area contributed by atoms with E-state index in [2.05, 4.69) is 10.3 Å². The van der Waals surface area contributed by atoms with Gasteiger partial charge < -0.3 is 10.4 Å². The highest BCUT2D eigenvalue weighted by atomic mass is 16.4. The van der Waals surface area contributed by atoms with E-state index < -0.39 is 11.5 Å². The van der Waals surface area contributed by atoms with Crippen LogP contribution in [0, 0.1) is 0 Å². The quantitative estimate of drug-likeness (QED) is 0.799. The zero-order chi connectivity index (χ0) is 13.6. The van der Waals surface area contributed by atoms with Gasteiger partial charge in [0.25, 0.3) is 0 Å². The Morgan fingerprint density at radius 1 is 1.44 bits per heavy atom. The predicted molar refractivity (Wildman–Crippen MR) is 67.0 cm³/mol. The van der Waals surface area contributed by atoms with Crippen molar-refractivity contribution < 1.29 is 14.7 Å². The maximum Gasteiger partial charge on any atom is 0.329 e. The van der Waals surface area contributed by atoms with Gasteiger partial charge in [-0.25, -0.2) is 4.79 Å². The number of hydrogen-bond donors (Lipinski definition) is 2. The number of carbonyl (C=O) groups excluding carboxylic acids is 1. The zero-order valence-corrected chi connectivity index (χ0v) is 10.6. The molecule has 0 aliphatic carbocycles. The van der Waals surface area contributed by atoms with Crippen LogP contribution in [0.15, 0.2) is 24.4 Å². The van der Waals surface area contributed by atoms with E-state index in [0.29, 0.717) is 18.5 Å². The first kappa shape index (κ1) is 14.2. The van der Waals surface area contributed by atoms with E-state index in [1.165, 1.54) is 6.92 Å². The van der Waals surface area contributed by atoms with Gasteiger partial charge in [-0.15, -0.1) is 0 Å². The van der Waals surface area contributed by atoms with E-state index in [1.54, 1.807) is 24.4 Å². The average Bonchev–Trinajstić information content (AvgIpc) is 2.30. The Labute approximate surface area is 106 Å². The van der Waals surface area contributed by atoms with E-state index in [0.717, 1.165) is 0 Å². The summed E-state index contributed by atoms with van der Waals surface area (Å²) in [5, 5.41) is 11.7. The predicted octanol–water partition coefficient (Wildman–Crippen LogP) is 1.38. The fourth-order valence-electron chi connectivity index (χ4n) is 1.74. The summed E-state index contributed by atoms with van der Waals surface area (Å²) in [4.78, 5) is 27.0. The average molecular weight is 250 g/mol. The van der Waals surface area contributed by atoms with Gasteiger partial charge in [-0.1, -0.05) is 19.4 Å². The molecule has 5 nitrogen and oxygen atoms in total. The first-order chi connectivity index (χ1) is 8.48. The van der Waals surface area contributed by atoms with Crippen molar-refractivity contribution in [1.29, 1.82) is 0 Å². The summed E-state index contributed by atoms with van der Waals surface area (Å²) in [5.41, 5.74) is -0.583. The van der Waals surface area contributed by atoms with E-state index in [9.17, 15) is 9.59 Å². The van der Waals surface area contributed by atoms with Gasteiger partial charge in [0, 0.05) is 11.9 Å². The van der Waals surface area contributed by atoms with Crippen molar-refractivity contribution in [3.05, 3.63) is 30.1 Å². The fourth-order valence-corrected chi connectivity index (χ4v) is 1.74. The topological polar surface area (TPSA) is 79.3 Å². The van der Waals surface area contributed by atoms with Crippen LogP contribution >= 0.6 is 0 Å². The number of aliphatic carboxylic acids is 1. The lowest BCUT2D eigenvalue weighted by Gasteiger charge is -2.25. The van der Waals surface area contributed by atoms with Gasteiger partial charge >= 0.3 is 5.97 Å². The van der Waals surface area contributed by atoms with Crippen LogP contribution in [-0.2, 0) is 16.0 Å². The van der Waals surface area contributed by atoms with Crippen molar-refractivity contribution >= 4 is 11.9 Å². The molecule has 0 fully saturated rings. The van der Waals surface area contributed by atoms with Crippen molar-refractivity contribution in [3.8, 4) is 0 Å². The van der Waals surface area contributed by atoms with Gasteiger partial charge in [-0.05, 0) is 25.5 Å². The Morgan fingerprint density at radius 2 is 2.17 bits per heavy atom. The Morgan fingerprint density at radius 3 is 2.67 bits per heavy atom. The van der Waals surface area contributed by atoms with Crippen LogP contribution in [0.1, 0.15) is 32.4 Å². The molecule has 1 unspecified atom stereocenters. The largest absolute Gasteiger partial charge is 0.480 e. The lowest BCUT2D eigenvalue weighted by atomic mass is 9.96. The summed E-state index contributed by atoms with van der Waals surface area (Å²) in [7, 11) is 0. The van der Waals surface area contributed by atoms with Crippen LogP contribution in [0.4, 0.5) is 0 Å². The minimum Gasteiger partial charge on any atom is -0.480 e. The maximum atomic E-state index is 11.8. The number of carboxylic acids is 1. The first-order valence-electron chi connectivity index (χ1n) is 5.92. The second-order valence-corrected chi connectivity index (χ2v) is 4.43. The molecule has 1 rings (SSSR count). The molecular weight excluding hydrogens is 232 g/mol. The molecule has 1 amide bonds. The molecule has 0 aliphatic heterocycles. The summed E-state index contributed by atoms with van der Waals surface area (Å²) in [6.45, 7) is 3.40. The normalized spacial score (nSPS) is 13.7. The molecule has 0 saturated heterocycles. The summed E-state index contributed by atoms with van der Waals surface area (Å²) >= 11 is 0. The number of carbonyl (C=O) groups is 2. The standard InChI is InChI=1S/C13H18N2O3/c1-3-7-13(2,12(17)18)15-11(16)9-10-6-4-5-8-14-10/h4-6,8H,3,7,9H2,1-2H3,(H,15,16)(H,17,18).